The van der Waals surface area contributed by atoms with E-state index in [-0.39, 0.29) is 11.9 Å². The molecule has 0 atom stereocenters. The minimum atomic E-state index is -0.190. The highest BCUT2D eigenvalue weighted by Crippen LogP contribution is 2.36. The number of rotatable bonds is 24. The van der Waals surface area contributed by atoms with E-state index >= 15 is 0 Å². The summed E-state index contributed by atoms with van der Waals surface area (Å²) in [4.78, 5) is 26.2. The zero-order valence-electron chi connectivity index (χ0n) is 30.4. The molecule has 0 spiro atoms. The molecule has 0 aliphatic rings. The summed E-state index contributed by atoms with van der Waals surface area (Å²) in [6.45, 7) is 4.50. The Morgan fingerprint density at radius 1 is 0.429 bits per heavy atom. The van der Waals surface area contributed by atoms with Crippen LogP contribution in [0.15, 0.2) is 72.8 Å². The Morgan fingerprint density at radius 3 is 1.16 bits per heavy atom. The van der Waals surface area contributed by atoms with Crippen LogP contribution in [0.5, 0.6) is 11.5 Å². The topological polar surface area (TPSA) is 52.6 Å². The average molecular weight is 665 g/mol. The monoisotopic (exact) mass is 664 g/mol. The SMILES string of the molecule is CCCCCCCCCCCC(=O)Oc1ccc2ccccc2c1Cc1c(OC(=O)CCCCCCCCCCC)ccc2ccccc12. The van der Waals surface area contributed by atoms with E-state index in [1.165, 1.54) is 89.9 Å². The summed E-state index contributed by atoms with van der Waals surface area (Å²) >= 11 is 0. The van der Waals surface area contributed by atoms with E-state index in [0.717, 1.165) is 58.4 Å². The molecule has 0 aliphatic carbocycles. The molecule has 0 amide bonds. The van der Waals surface area contributed by atoms with Crippen LogP contribution in [-0.2, 0) is 16.0 Å². The molecule has 0 radical (unpaired) electrons. The van der Waals surface area contributed by atoms with E-state index in [1.807, 2.05) is 48.5 Å². The number of hydrogen-bond donors (Lipinski definition) is 0. The number of benzene rings is 4. The molecule has 4 aromatic rings. The van der Waals surface area contributed by atoms with Gasteiger partial charge in [-0.25, -0.2) is 0 Å². The number of unbranched alkanes of at least 4 members (excludes halogenated alkanes) is 16. The molecule has 4 nitrogen and oxygen atoms in total. The molecule has 4 aromatic carbocycles. The number of fused-ring (bicyclic) bond motifs is 2. The summed E-state index contributed by atoms with van der Waals surface area (Å²) in [7, 11) is 0. The minimum Gasteiger partial charge on any atom is -0.426 e. The van der Waals surface area contributed by atoms with Crippen LogP contribution < -0.4 is 9.47 Å². The Hall–Kier alpha value is -3.66. The molecule has 0 saturated heterocycles. The highest BCUT2D eigenvalue weighted by atomic mass is 16.5. The maximum absolute atomic E-state index is 13.1. The molecule has 0 saturated carbocycles. The predicted octanol–water partition coefficient (Wildman–Crippen LogP) is 13.2. The van der Waals surface area contributed by atoms with Gasteiger partial charge in [-0.05, 0) is 46.5 Å². The van der Waals surface area contributed by atoms with Gasteiger partial charge in [-0.1, -0.05) is 177 Å². The van der Waals surface area contributed by atoms with Crippen molar-refractivity contribution in [3.8, 4) is 11.5 Å². The number of esters is 2. The minimum absolute atomic E-state index is 0.190. The fourth-order valence-corrected chi connectivity index (χ4v) is 6.87. The molecule has 0 bridgehead atoms. The molecule has 4 rings (SSSR count). The molecule has 264 valence electrons. The summed E-state index contributed by atoms with van der Waals surface area (Å²) in [5.41, 5.74) is 1.87. The summed E-state index contributed by atoms with van der Waals surface area (Å²) in [5, 5.41) is 4.24. The number of carbonyl (C=O) groups excluding carboxylic acids is 2. The van der Waals surface area contributed by atoms with E-state index in [9.17, 15) is 9.59 Å². The lowest BCUT2D eigenvalue weighted by Gasteiger charge is -2.17. The Labute approximate surface area is 296 Å². The number of hydrogen-bond acceptors (Lipinski definition) is 4. The third kappa shape index (κ3) is 13.0. The van der Waals surface area contributed by atoms with Crippen LogP contribution in [0.2, 0.25) is 0 Å². The van der Waals surface area contributed by atoms with Gasteiger partial charge in [0.15, 0.2) is 0 Å². The molecule has 0 aromatic heterocycles. The van der Waals surface area contributed by atoms with Crippen LogP contribution in [0.4, 0.5) is 0 Å². The van der Waals surface area contributed by atoms with E-state index in [4.69, 9.17) is 9.47 Å². The summed E-state index contributed by atoms with van der Waals surface area (Å²) in [5.74, 6) is 0.786. The van der Waals surface area contributed by atoms with Crippen molar-refractivity contribution in [2.75, 3.05) is 0 Å². The van der Waals surface area contributed by atoms with Gasteiger partial charge in [0.05, 0.1) is 0 Å². The summed E-state index contributed by atoms with van der Waals surface area (Å²) < 4.78 is 12.2. The van der Waals surface area contributed by atoms with Gasteiger partial charge in [0.1, 0.15) is 11.5 Å². The van der Waals surface area contributed by atoms with Crippen molar-refractivity contribution >= 4 is 33.5 Å². The lowest BCUT2D eigenvalue weighted by atomic mass is 9.93. The first-order chi connectivity index (χ1) is 24.1. The Balaban J connectivity index is 1.43. The van der Waals surface area contributed by atoms with E-state index in [0.29, 0.717) is 30.8 Å². The van der Waals surface area contributed by atoms with Crippen molar-refractivity contribution in [2.45, 2.75) is 149 Å². The highest BCUT2D eigenvalue weighted by Gasteiger charge is 2.19. The first kappa shape index (κ1) is 38.1. The van der Waals surface area contributed by atoms with Gasteiger partial charge in [0.2, 0.25) is 0 Å². The zero-order chi connectivity index (χ0) is 34.5. The lowest BCUT2D eigenvalue weighted by molar-refractivity contribution is -0.135. The molecular formula is C45H60O4. The normalized spacial score (nSPS) is 11.3. The van der Waals surface area contributed by atoms with Crippen molar-refractivity contribution in [3.63, 3.8) is 0 Å². The Bertz CT molecular complexity index is 1450. The second kappa shape index (κ2) is 22.1. The van der Waals surface area contributed by atoms with Gasteiger partial charge >= 0.3 is 11.9 Å². The molecule has 0 N–H and O–H groups in total. The van der Waals surface area contributed by atoms with E-state index in [1.54, 1.807) is 0 Å². The standard InChI is InChI=1S/C45H60O4/c1-3-5-7-9-11-13-15-17-19-29-44(46)48-42-33-31-36-25-21-23-27-38(36)40(42)35-41-39-28-24-22-26-37(39)32-34-43(41)49-45(47)30-20-18-16-14-12-10-8-6-4-2/h21-28,31-34H,3-20,29-30,35H2,1-2H3. The molecular weight excluding hydrogens is 604 g/mol. The van der Waals surface area contributed by atoms with Crippen LogP contribution in [0.1, 0.15) is 153 Å². The van der Waals surface area contributed by atoms with Gasteiger partial charge in [0, 0.05) is 30.4 Å². The van der Waals surface area contributed by atoms with Gasteiger partial charge in [-0.15, -0.1) is 0 Å². The van der Waals surface area contributed by atoms with Gasteiger partial charge in [-0.3, -0.25) is 9.59 Å². The van der Waals surface area contributed by atoms with Crippen molar-refractivity contribution in [2.24, 2.45) is 0 Å². The highest BCUT2D eigenvalue weighted by molar-refractivity contribution is 5.92. The van der Waals surface area contributed by atoms with Gasteiger partial charge < -0.3 is 9.47 Å². The molecule has 0 unspecified atom stereocenters. The predicted molar refractivity (Wildman–Crippen MR) is 206 cm³/mol. The molecule has 0 fully saturated rings. The number of ether oxygens (including phenoxy) is 2. The maximum Gasteiger partial charge on any atom is 0.311 e. The van der Waals surface area contributed by atoms with Gasteiger partial charge in [0.25, 0.3) is 0 Å². The van der Waals surface area contributed by atoms with Crippen LogP contribution in [0.3, 0.4) is 0 Å². The molecule has 0 aliphatic heterocycles. The third-order valence-corrected chi connectivity index (χ3v) is 9.77. The van der Waals surface area contributed by atoms with E-state index in [2.05, 4.69) is 38.1 Å². The Kier molecular flexibility index (Phi) is 17.2. The Morgan fingerprint density at radius 2 is 0.776 bits per heavy atom. The van der Waals surface area contributed by atoms with Crippen molar-refractivity contribution < 1.29 is 19.1 Å². The fourth-order valence-electron chi connectivity index (χ4n) is 6.87. The summed E-state index contributed by atoms with van der Waals surface area (Å²) in [6, 6.07) is 24.3. The molecule has 4 heteroatoms. The summed E-state index contributed by atoms with van der Waals surface area (Å²) in [6.07, 6.45) is 23.0. The second-order valence-electron chi connectivity index (χ2n) is 13.8. The zero-order valence-corrected chi connectivity index (χ0v) is 30.4. The third-order valence-electron chi connectivity index (χ3n) is 9.77. The van der Waals surface area contributed by atoms with Crippen LogP contribution in [-0.4, -0.2) is 11.9 Å². The smallest absolute Gasteiger partial charge is 0.311 e. The van der Waals surface area contributed by atoms with Crippen molar-refractivity contribution in [1.29, 1.82) is 0 Å². The largest absolute Gasteiger partial charge is 0.426 e. The quantitative estimate of drug-likeness (QED) is 0.0425. The number of carbonyl (C=O) groups is 2. The first-order valence-corrected chi connectivity index (χ1v) is 19.5. The fraction of sp³-hybridized carbons (Fsp3) is 0.511. The van der Waals surface area contributed by atoms with E-state index < -0.39 is 0 Å². The maximum atomic E-state index is 13.1. The average Bonchev–Trinajstić information content (AvgIpc) is 3.12. The lowest BCUT2D eigenvalue weighted by Crippen LogP contribution is -2.11. The second-order valence-corrected chi connectivity index (χ2v) is 13.8. The van der Waals surface area contributed by atoms with Crippen LogP contribution >= 0.6 is 0 Å². The van der Waals surface area contributed by atoms with Gasteiger partial charge in [-0.2, -0.15) is 0 Å². The molecule has 0 heterocycles. The van der Waals surface area contributed by atoms with Crippen molar-refractivity contribution in [3.05, 3.63) is 83.9 Å². The molecule has 49 heavy (non-hydrogen) atoms. The first-order valence-electron chi connectivity index (χ1n) is 19.5. The van der Waals surface area contributed by atoms with Crippen LogP contribution in [0, 0.1) is 0 Å². The van der Waals surface area contributed by atoms with Crippen molar-refractivity contribution in [1.82, 2.24) is 0 Å². The van der Waals surface area contributed by atoms with Crippen LogP contribution in [0.25, 0.3) is 21.5 Å².